The summed E-state index contributed by atoms with van der Waals surface area (Å²) in [6.07, 6.45) is 0.901. The molecule has 0 spiro atoms. The second-order valence-electron chi connectivity index (χ2n) is 4.89. The maximum atomic E-state index is 12.9. The Hall–Kier alpha value is -1.65. The second-order valence-corrected chi connectivity index (χ2v) is 5.81. The third-order valence-corrected chi connectivity index (χ3v) is 4.62. The summed E-state index contributed by atoms with van der Waals surface area (Å²) in [7, 11) is 0. The van der Waals surface area contributed by atoms with Gasteiger partial charge in [-0.2, -0.15) is 0 Å². The van der Waals surface area contributed by atoms with Crippen molar-refractivity contribution in [3.05, 3.63) is 51.7 Å². The van der Waals surface area contributed by atoms with Crippen LogP contribution < -0.4 is 10.2 Å². The highest BCUT2D eigenvalue weighted by Crippen LogP contribution is 2.27. The van der Waals surface area contributed by atoms with Crippen LogP contribution in [0.2, 0.25) is 0 Å². The Labute approximate surface area is 123 Å². The molecule has 0 saturated carbocycles. The Morgan fingerprint density at radius 3 is 3.05 bits per heavy atom. The minimum absolute atomic E-state index is 0.132. The molecule has 1 N–H and O–H groups in total. The lowest BCUT2D eigenvalue weighted by Crippen LogP contribution is -2.34. The Kier molecular flexibility index (Phi) is 3.85. The van der Waals surface area contributed by atoms with Crippen molar-refractivity contribution < 1.29 is 4.79 Å². The summed E-state index contributed by atoms with van der Waals surface area (Å²) in [6, 6.07) is 10.2. The number of carbonyl (C=O) groups excluding carboxylic acids is 1. The molecule has 0 atom stereocenters. The summed E-state index contributed by atoms with van der Waals surface area (Å²) in [5, 5.41) is 5.38. The van der Waals surface area contributed by atoms with Crippen molar-refractivity contribution >= 4 is 22.9 Å². The van der Waals surface area contributed by atoms with E-state index in [1.54, 1.807) is 11.3 Å². The van der Waals surface area contributed by atoms with Gasteiger partial charge in [0.2, 0.25) is 0 Å². The zero-order valence-electron chi connectivity index (χ0n) is 11.6. The number of aryl methyl sites for hydroxylation is 1. The minimum atomic E-state index is 0.132. The molecule has 1 aromatic heterocycles. The van der Waals surface area contributed by atoms with E-state index >= 15 is 0 Å². The van der Waals surface area contributed by atoms with Gasteiger partial charge in [0.15, 0.2) is 0 Å². The lowest BCUT2D eigenvalue weighted by Gasteiger charge is -2.22. The maximum Gasteiger partial charge on any atom is 0.268 e. The van der Waals surface area contributed by atoms with Crippen LogP contribution in [-0.4, -0.2) is 19.0 Å². The van der Waals surface area contributed by atoms with Crippen molar-refractivity contribution in [2.45, 2.75) is 19.9 Å². The summed E-state index contributed by atoms with van der Waals surface area (Å²) < 4.78 is 0. The molecule has 4 heteroatoms. The quantitative estimate of drug-likeness (QED) is 0.920. The zero-order valence-corrected chi connectivity index (χ0v) is 12.4. The van der Waals surface area contributed by atoms with Crippen LogP contribution in [0, 0.1) is 0 Å². The number of benzene rings is 1. The summed E-state index contributed by atoms with van der Waals surface area (Å²) >= 11 is 1.55. The summed E-state index contributed by atoms with van der Waals surface area (Å²) in [6.45, 7) is 4.46. The SMILES string of the molecule is CCc1ccsc1C(=O)N1CCNCc2ccccc21. The van der Waals surface area contributed by atoms with E-state index in [1.807, 2.05) is 28.5 Å². The highest BCUT2D eigenvalue weighted by atomic mass is 32.1. The van der Waals surface area contributed by atoms with Crippen LogP contribution in [0.5, 0.6) is 0 Å². The third-order valence-electron chi connectivity index (χ3n) is 3.68. The van der Waals surface area contributed by atoms with E-state index in [0.717, 1.165) is 42.2 Å². The Balaban J connectivity index is 1.99. The van der Waals surface area contributed by atoms with Gasteiger partial charge in [0.1, 0.15) is 0 Å². The molecule has 0 unspecified atom stereocenters. The Morgan fingerprint density at radius 2 is 2.20 bits per heavy atom. The lowest BCUT2D eigenvalue weighted by molar-refractivity contribution is 0.0990. The van der Waals surface area contributed by atoms with E-state index < -0.39 is 0 Å². The molecule has 2 heterocycles. The van der Waals surface area contributed by atoms with Crippen molar-refractivity contribution in [1.29, 1.82) is 0 Å². The highest BCUT2D eigenvalue weighted by molar-refractivity contribution is 7.12. The second kappa shape index (κ2) is 5.77. The van der Waals surface area contributed by atoms with E-state index in [1.165, 1.54) is 5.56 Å². The molecule has 104 valence electrons. The van der Waals surface area contributed by atoms with Crippen molar-refractivity contribution in [1.82, 2.24) is 5.32 Å². The number of amides is 1. The molecule has 0 saturated heterocycles. The van der Waals surface area contributed by atoms with Gasteiger partial charge in [0.05, 0.1) is 4.88 Å². The number of anilines is 1. The molecule has 2 aromatic rings. The normalized spacial score (nSPS) is 14.8. The van der Waals surface area contributed by atoms with Crippen molar-refractivity contribution in [3.8, 4) is 0 Å². The molecule has 0 aliphatic carbocycles. The van der Waals surface area contributed by atoms with Crippen LogP contribution in [0.25, 0.3) is 0 Å². The third kappa shape index (κ3) is 2.37. The summed E-state index contributed by atoms with van der Waals surface area (Å²) in [5.41, 5.74) is 3.38. The number of carbonyl (C=O) groups is 1. The fraction of sp³-hybridized carbons (Fsp3) is 0.312. The fourth-order valence-electron chi connectivity index (χ4n) is 2.59. The zero-order chi connectivity index (χ0) is 13.9. The molecular weight excluding hydrogens is 268 g/mol. The predicted octanol–water partition coefficient (Wildman–Crippen LogP) is 3.06. The minimum Gasteiger partial charge on any atom is -0.311 e. The van der Waals surface area contributed by atoms with Crippen LogP contribution in [0.15, 0.2) is 35.7 Å². The highest BCUT2D eigenvalue weighted by Gasteiger charge is 2.24. The van der Waals surface area contributed by atoms with Gasteiger partial charge in [-0.15, -0.1) is 11.3 Å². The van der Waals surface area contributed by atoms with Crippen LogP contribution in [0.3, 0.4) is 0 Å². The largest absolute Gasteiger partial charge is 0.311 e. The van der Waals surface area contributed by atoms with Crippen molar-refractivity contribution in [2.24, 2.45) is 0 Å². The number of para-hydroxylation sites is 1. The van der Waals surface area contributed by atoms with Gasteiger partial charge in [-0.25, -0.2) is 0 Å². The number of hydrogen-bond acceptors (Lipinski definition) is 3. The number of thiophene rings is 1. The average Bonchev–Trinajstić information content (AvgIpc) is 2.86. The monoisotopic (exact) mass is 286 g/mol. The lowest BCUT2D eigenvalue weighted by atomic mass is 10.1. The van der Waals surface area contributed by atoms with E-state index in [4.69, 9.17) is 0 Å². The molecule has 1 aliphatic heterocycles. The number of hydrogen-bond donors (Lipinski definition) is 1. The Bertz CT molecular complexity index is 620. The summed E-state index contributed by atoms with van der Waals surface area (Å²) in [5.74, 6) is 0.132. The first-order valence-corrected chi connectivity index (χ1v) is 7.86. The van der Waals surface area contributed by atoms with Gasteiger partial charge in [0, 0.05) is 25.3 Å². The molecule has 1 aliphatic rings. The fourth-order valence-corrected chi connectivity index (χ4v) is 3.54. The van der Waals surface area contributed by atoms with Gasteiger partial charge < -0.3 is 10.2 Å². The predicted molar refractivity (Wildman–Crippen MR) is 83.5 cm³/mol. The van der Waals surface area contributed by atoms with Gasteiger partial charge in [-0.1, -0.05) is 25.1 Å². The van der Waals surface area contributed by atoms with E-state index in [2.05, 4.69) is 24.4 Å². The van der Waals surface area contributed by atoms with Crippen LogP contribution in [0.1, 0.15) is 27.7 Å². The molecule has 1 amide bonds. The van der Waals surface area contributed by atoms with E-state index in [0.29, 0.717) is 0 Å². The first-order chi connectivity index (χ1) is 9.81. The molecule has 0 radical (unpaired) electrons. The van der Waals surface area contributed by atoms with Gasteiger partial charge in [0.25, 0.3) is 5.91 Å². The van der Waals surface area contributed by atoms with E-state index in [9.17, 15) is 4.79 Å². The van der Waals surface area contributed by atoms with Crippen molar-refractivity contribution in [2.75, 3.05) is 18.0 Å². The van der Waals surface area contributed by atoms with Gasteiger partial charge >= 0.3 is 0 Å². The van der Waals surface area contributed by atoms with Crippen LogP contribution in [-0.2, 0) is 13.0 Å². The topological polar surface area (TPSA) is 32.3 Å². The molecule has 3 rings (SSSR count). The van der Waals surface area contributed by atoms with Crippen LogP contribution in [0.4, 0.5) is 5.69 Å². The number of nitrogens with zero attached hydrogens (tertiary/aromatic N) is 1. The van der Waals surface area contributed by atoms with E-state index in [-0.39, 0.29) is 5.91 Å². The molecule has 0 fully saturated rings. The molecule has 1 aromatic carbocycles. The average molecular weight is 286 g/mol. The number of nitrogens with one attached hydrogen (secondary N) is 1. The Morgan fingerprint density at radius 1 is 1.35 bits per heavy atom. The summed E-state index contributed by atoms with van der Waals surface area (Å²) in [4.78, 5) is 15.7. The smallest absolute Gasteiger partial charge is 0.268 e. The van der Waals surface area contributed by atoms with Gasteiger partial charge in [-0.3, -0.25) is 4.79 Å². The molecule has 3 nitrogen and oxygen atoms in total. The maximum absolute atomic E-state index is 12.9. The van der Waals surface area contributed by atoms with Crippen LogP contribution >= 0.6 is 11.3 Å². The molecule has 0 bridgehead atoms. The first-order valence-electron chi connectivity index (χ1n) is 6.98. The number of rotatable bonds is 2. The van der Waals surface area contributed by atoms with Crippen molar-refractivity contribution in [3.63, 3.8) is 0 Å². The first kappa shape index (κ1) is 13.3. The number of fused-ring (bicyclic) bond motifs is 1. The standard InChI is InChI=1S/C16H18N2OS/c1-2-12-7-10-20-15(12)16(19)18-9-8-17-11-13-5-3-4-6-14(13)18/h3-7,10,17H,2,8-9,11H2,1H3. The van der Waals surface area contributed by atoms with Gasteiger partial charge in [-0.05, 0) is 35.1 Å². The molecule has 20 heavy (non-hydrogen) atoms. The molecular formula is C16H18N2OS.